The van der Waals surface area contributed by atoms with Crippen LogP contribution in [0.5, 0.6) is 0 Å². The average molecular weight is 354 g/mol. The Morgan fingerprint density at radius 3 is 2.08 bits per heavy atom. The molecule has 1 aliphatic heterocycles. The van der Waals surface area contributed by atoms with Gasteiger partial charge in [-0.05, 0) is 31.9 Å². The molecule has 1 heterocycles. The maximum absolute atomic E-state index is 12.8. The molecular weight excluding hydrogens is 331 g/mol. The molecule has 3 rings (SSSR count). The topological polar surface area (TPSA) is 55.8 Å². The standard InChI is InChI=1S/C21H23NO4/c1-21(2,3)26-20(24)22-14-17(23)25-19(16-12-8-5-9-13-16)18(22)15-10-6-4-7-11-15/h4-13,18-19H,14H2,1-3H3/t18-,19+/m0/s1/i17+1. The minimum absolute atomic E-state index is 0.141. The molecule has 136 valence electrons. The van der Waals surface area contributed by atoms with Crippen LogP contribution in [-0.2, 0) is 14.3 Å². The highest BCUT2D eigenvalue weighted by Gasteiger charge is 2.42. The monoisotopic (exact) mass is 354 g/mol. The van der Waals surface area contributed by atoms with Gasteiger partial charge in [-0.25, -0.2) is 4.79 Å². The van der Waals surface area contributed by atoms with Gasteiger partial charge in [-0.2, -0.15) is 0 Å². The fourth-order valence-electron chi connectivity index (χ4n) is 3.04. The minimum Gasteiger partial charge on any atom is -0.454 e. The third kappa shape index (κ3) is 4.04. The Hall–Kier alpha value is -2.82. The normalized spacial score (nSPS) is 20.4. The number of nitrogens with zero attached hydrogens (tertiary/aromatic N) is 1. The molecule has 2 atom stereocenters. The van der Waals surface area contributed by atoms with Crippen LogP contribution >= 0.6 is 0 Å². The first kappa shape index (κ1) is 18.0. The van der Waals surface area contributed by atoms with Crippen molar-refractivity contribution in [2.45, 2.75) is 38.5 Å². The van der Waals surface area contributed by atoms with Crippen LogP contribution in [0, 0.1) is 0 Å². The molecule has 0 spiro atoms. The second-order valence-corrected chi connectivity index (χ2v) is 7.28. The van der Waals surface area contributed by atoms with Crippen LogP contribution in [0.1, 0.15) is 44.0 Å². The van der Waals surface area contributed by atoms with Crippen molar-refractivity contribution in [3.63, 3.8) is 0 Å². The first-order valence-electron chi connectivity index (χ1n) is 8.64. The maximum Gasteiger partial charge on any atom is 0.411 e. The smallest absolute Gasteiger partial charge is 0.411 e. The third-order valence-corrected chi connectivity index (χ3v) is 4.08. The van der Waals surface area contributed by atoms with Crippen LogP contribution in [0.2, 0.25) is 0 Å². The van der Waals surface area contributed by atoms with Crippen molar-refractivity contribution >= 4 is 12.1 Å². The second-order valence-electron chi connectivity index (χ2n) is 7.28. The maximum atomic E-state index is 12.8. The molecule has 26 heavy (non-hydrogen) atoms. The average Bonchev–Trinajstić information content (AvgIpc) is 2.61. The van der Waals surface area contributed by atoms with E-state index in [9.17, 15) is 9.59 Å². The predicted molar refractivity (Wildman–Crippen MR) is 97.4 cm³/mol. The lowest BCUT2D eigenvalue weighted by Gasteiger charge is -2.41. The summed E-state index contributed by atoms with van der Waals surface area (Å²) in [4.78, 5) is 26.5. The largest absolute Gasteiger partial charge is 0.454 e. The third-order valence-electron chi connectivity index (χ3n) is 4.08. The summed E-state index contributed by atoms with van der Waals surface area (Å²) in [6, 6.07) is 18.6. The van der Waals surface area contributed by atoms with Crippen LogP contribution in [0.4, 0.5) is 4.79 Å². The molecule has 1 saturated heterocycles. The predicted octanol–water partition coefficient (Wildman–Crippen LogP) is 4.26. The van der Waals surface area contributed by atoms with Gasteiger partial charge in [0.05, 0.1) is 0 Å². The Labute approximate surface area is 153 Å². The minimum atomic E-state index is -0.651. The molecule has 0 bridgehead atoms. The number of esters is 1. The zero-order valence-corrected chi connectivity index (χ0v) is 15.2. The van der Waals surface area contributed by atoms with Gasteiger partial charge in [-0.3, -0.25) is 9.69 Å². The van der Waals surface area contributed by atoms with E-state index in [1.54, 1.807) is 20.8 Å². The van der Waals surface area contributed by atoms with Crippen molar-refractivity contribution < 1.29 is 19.1 Å². The summed E-state index contributed by atoms with van der Waals surface area (Å²) < 4.78 is 11.2. The van der Waals surface area contributed by atoms with Crippen LogP contribution < -0.4 is 0 Å². The van der Waals surface area contributed by atoms with Crippen molar-refractivity contribution in [2.75, 3.05) is 6.54 Å². The molecule has 5 nitrogen and oxygen atoms in total. The molecule has 1 amide bonds. The fourth-order valence-corrected chi connectivity index (χ4v) is 3.04. The second kappa shape index (κ2) is 7.20. The van der Waals surface area contributed by atoms with Gasteiger partial charge in [-0.15, -0.1) is 0 Å². The van der Waals surface area contributed by atoms with E-state index in [4.69, 9.17) is 9.47 Å². The lowest BCUT2D eigenvalue weighted by Crippen LogP contribution is -2.48. The summed E-state index contributed by atoms with van der Waals surface area (Å²) in [6.45, 7) is 5.27. The number of hydrogen-bond donors (Lipinski definition) is 0. The first-order chi connectivity index (χ1) is 12.3. The van der Waals surface area contributed by atoms with Crippen LogP contribution in [0.25, 0.3) is 0 Å². The summed E-state index contributed by atoms with van der Waals surface area (Å²) in [5, 5.41) is 0. The number of hydrogen-bond acceptors (Lipinski definition) is 4. The highest BCUT2D eigenvalue weighted by atomic mass is 16.6. The van der Waals surface area contributed by atoms with Gasteiger partial charge in [0.15, 0.2) is 6.10 Å². The number of ether oxygens (including phenoxy) is 2. The number of carbonyl (C=O) groups excluding carboxylic acids is 2. The molecule has 2 aromatic carbocycles. The lowest BCUT2D eigenvalue weighted by atomic mass is 9.94. The summed E-state index contributed by atoms with van der Waals surface area (Å²) in [5.41, 5.74) is 1.07. The number of benzene rings is 2. The molecule has 5 heteroatoms. The molecule has 0 unspecified atom stereocenters. The van der Waals surface area contributed by atoms with E-state index in [2.05, 4.69) is 0 Å². The zero-order valence-electron chi connectivity index (χ0n) is 15.2. The highest BCUT2D eigenvalue weighted by molar-refractivity contribution is 5.80. The summed E-state index contributed by atoms with van der Waals surface area (Å²) >= 11 is 0. The molecule has 0 aromatic heterocycles. The number of carbonyl (C=O) groups is 2. The fraction of sp³-hybridized carbons (Fsp3) is 0.333. The van der Waals surface area contributed by atoms with Crippen LogP contribution in [-0.4, -0.2) is 29.1 Å². The van der Waals surface area contributed by atoms with Crippen molar-refractivity contribution in [3.05, 3.63) is 71.8 Å². The molecule has 0 radical (unpaired) electrons. The van der Waals surface area contributed by atoms with Gasteiger partial charge in [0.25, 0.3) is 0 Å². The molecule has 0 aliphatic carbocycles. The molecule has 0 saturated carbocycles. The van der Waals surface area contributed by atoms with Crippen molar-refractivity contribution in [1.29, 1.82) is 0 Å². The Kier molecular flexibility index (Phi) is 4.98. The van der Waals surface area contributed by atoms with E-state index in [1.807, 2.05) is 60.7 Å². The first-order valence-corrected chi connectivity index (χ1v) is 8.64. The molecule has 0 N–H and O–H groups in total. The van der Waals surface area contributed by atoms with Crippen LogP contribution in [0.15, 0.2) is 60.7 Å². The number of morpholine rings is 1. The summed E-state index contributed by atoms with van der Waals surface area (Å²) in [6.07, 6.45) is -1.11. The van der Waals surface area contributed by atoms with Gasteiger partial charge >= 0.3 is 12.1 Å². The highest BCUT2D eigenvalue weighted by Crippen LogP contribution is 2.40. The lowest BCUT2D eigenvalue weighted by molar-refractivity contribution is -0.165. The number of rotatable bonds is 2. The summed E-state index contributed by atoms with van der Waals surface area (Å²) in [7, 11) is 0. The van der Waals surface area contributed by atoms with Crippen LogP contribution in [0.3, 0.4) is 0 Å². The summed E-state index contributed by atoms with van der Waals surface area (Å²) in [5.74, 6) is -0.447. The van der Waals surface area contributed by atoms with Gasteiger partial charge in [-0.1, -0.05) is 60.7 Å². The molecule has 1 fully saturated rings. The van der Waals surface area contributed by atoms with Gasteiger partial charge in [0.1, 0.15) is 18.2 Å². The van der Waals surface area contributed by atoms with E-state index < -0.39 is 29.8 Å². The van der Waals surface area contributed by atoms with E-state index in [0.717, 1.165) is 11.1 Å². The Morgan fingerprint density at radius 2 is 1.54 bits per heavy atom. The number of cyclic esters (lactones) is 1. The van der Waals surface area contributed by atoms with Gasteiger partial charge in [0, 0.05) is 0 Å². The molecule has 2 aromatic rings. The van der Waals surface area contributed by atoms with Gasteiger partial charge < -0.3 is 9.47 Å². The quantitative estimate of drug-likeness (QED) is 0.597. The zero-order chi connectivity index (χ0) is 18.7. The molecular formula is C21H23NO4. The van der Waals surface area contributed by atoms with Crippen molar-refractivity contribution in [2.24, 2.45) is 0 Å². The number of amides is 1. The molecule has 1 aliphatic rings. The van der Waals surface area contributed by atoms with E-state index in [1.165, 1.54) is 4.90 Å². The Morgan fingerprint density at radius 1 is 1.00 bits per heavy atom. The van der Waals surface area contributed by atoms with E-state index >= 15 is 0 Å². The van der Waals surface area contributed by atoms with Gasteiger partial charge in [0.2, 0.25) is 0 Å². The van der Waals surface area contributed by atoms with E-state index in [0.29, 0.717) is 0 Å². The van der Waals surface area contributed by atoms with Crippen molar-refractivity contribution in [3.8, 4) is 0 Å². The SMILES string of the molecule is CC(C)(C)OC(=O)N1C[13C](=O)O[C@H](c2ccccc2)[C@@H]1c1ccccc1. The Balaban J connectivity index is 2.03. The van der Waals surface area contributed by atoms with Crippen molar-refractivity contribution in [1.82, 2.24) is 4.90 Å². The van der Waals surface area contributed by atoms with E-state index in [-0.39, 0.29) is 6.54 Å². The Bertz CT molecular complexity index is 768.